The number of carbonyl (C=O) groups is 1. The van der Waals surface area contributed by atoms with Gasteiger partial charge in [0.05, 0.1) is 16.6 Å². The summed E-state index contributed by atoms with van der Waals surface area (Å²) in [5.41, 5.74) is 4.94. The van der Waals surface area contributed by atoms with Crippen LogP contribution in [0.15, 0.2) is 12.3 Å². The Morgan fingerprint density at radius 2 is 2.40 bits per heavy atom. The molecule has 0 unspecified atom stereocenters. The average molecular weight is 224 g/mol. The van der Waals surface area contributed by atoms with E-state index in [4.69, 9.17) is 18.0 Å². The van der Waals surface area contributed by atoms with E-state index in [0.29, 0.717) is 5.82 Å². The number of aryl methyl sites for hydroxylation is 1. The van der Waals surface area contributed by atoms with Crippen molar-refractivity contribution in [2.24, 2.45) is 18.2 Å². The maximum absolute atomic E-state index is 11.9. The van der Waals surface area contributed by atoms with Crippen LogP contribution in [0.1, 0.15) is 12.8 Å². The second-order valence-electron chi connectivity index (χ2n) is 3.74. The molecule has 1 aromatic rings. The number of amides is 1. The van der Waals surface area contributed by atoms with Gasteiger partial charge in [-0.1, -0.05) is 12.2 Å². The molecule has 6 heteroatoms. The molecule has 1 saturated carbocycles. The summed E-state index contributed by atoms with van der Waals surface area (Å²) in [5.74, 6) is 0.529. The highest BCUT2D eigenvalue weighted by molar-refractivity contribution is 7.80. The number of hydrogen-bond donors (Lipinski definition) is 2. The van der Waals surface area contributed by atoms with E-state index in [9.17, 15) is 4.79 Å². The van der Waals surface area contributed by atoms with Gasteiger partial charge in [-0.3, -0.25) is 9.48 Å². The van der Waals surface area contributed by atoms with Gasteiger partial charge in [-0.05, 0) is 12.8 Å². The minimum atomic E-state index is -0.612. The molecule has 5 nitrogen and oxygen atoms in total. The zero-order valence-electron chi connectivity index (χ0n) is 8.36. The molecule has 1 fully saturated rings. The summed E-state index contributed by atoms with van der Waals surface area (Å²) in [6.07, 6.45) is 3.11. The molecule has 0 aliphatic heterocycles. The lowest BCUT2D eigenvalue weighted by atomic mass is 10.1. The first-order chi connectivity index (χ1) is 7.06. The first-order valence-corrected chi connectivity index (χ1v) is 5.06. The van der Waals surface area contributed by atoms with Crippen LogP contribution >= 0.6 is 12.2 Å². The third kappa shape index (κ3) is 1.61. The Bertz CT molecular complexity index is 422. The highest BCUT2D eigenvalue weighted by atomic mass is 32.1. The second kappa shape index (κ2) is 3.30. The highest BCUT2D eigenvalue weighted by Crippen LogP contribution is 2.46. The number of hydrogen-bond acceptors (Lipinski definition) is 3. The molecule has 1 aromatic heterocycles. The van der Waals surface area contributed by atoms with Gasteiger partial charge < -0.3 is 11.1 Å². The summed E-state index contributed by atoms with van der Waals surface area (Å²) in [7, 11) is 1.76. The molecule has 2 rings (SSSR count). The standard InChI is InChI=1S/C9H12N4OS/c1-13-6(2-5-11-13)12-8(14)9(3-4-9)7(10)15/h2,5H,3-4H2,1H3,(H2,10,15)(H,12,14). The van der Waals surface area contributed by atoms with Crippen molar-refractivity contribution < 1.29 is 4.79 Å². The number of nitrogens with one attached hydrogen (secondary N) is 1. The van der Waals surface area contributed by atoms with Crippen LogP contribution in [0.3, 0.4) is 0 Å². The van der Waals surface area contributed by atoms with Gasteiger partial charge >= 0.3 is 0 Å². The molecule has 3 N–H and O–H groups in total. The monoisotopic (exact) mass is 224 g/mol. The van der Waals surface area contributed by atoms with Crippen LogP contribution in [-0.2, 0) is 11.8 Å². The van der Waals surface area contributed by atoms with Crippen molar-refractivity contribution in [3.63, 3.8) is 0 Å². The van der Waals surface area contributed by atoms with Gasteiger partial charge in [-0.25, -0.2) is 0 Å². The molecule has 1 amide bonds. The Morgan fingerprint density at radius 3 is 2.80 bits per heavy atom. The first kappa shape index (κ1) is 10.1. The lowest BCUT2D eigenvalue weighted by Crippen LogP contribution is -2.35. The van der Waals surface area contributed by atoms with Crippen LogP contribution in [-0.4, -0.2) is 20.7 Å². The molecular formula is C9H12N4OS. The van der Waals surface area contributed by atoms with Gasteiger partial charge in [0.2, 0.25) is 5.91 Å². The highest BCUT2D eigenvalue weighted by Gasteiger charge is 2.52. The van der Waals surface area contributed by atoms with Crippen molar-refractivity contribution in [1.29, 1.82) is 0 Å². The van der Waals surface area contributed by atoms with Gasteiger partial charge in [-0.15, -0.1) is 0 Å². The zero-order chi connectivity index (χ0) is 11.1. The Kier molecular flexibility index (Phi) is 2.22. The van der Waals surface area contributed by atoms with Crippen molar-refractivity contribution in [1.82, 2.24) is 9.78 Å². The van der Waals surface area contributed by atoms with Crippen LogP contribution in [0.2, 0.25) is 0 Å². The van der Waals surface area contributed by atoms with Crippen molar-refractivity contribution in [2.75, 3.05) is 5.32 Å². The SMILES string of the molecule is Cn1nccc1NC(=O)C1(C(N)=S)CC1. The summed E-state index contributed by atoms with van der Waals surface area (Å²) in [6.45, 7) is 0. The molecule has 0 saturated heterocycles. The van der Waals surface area contributed by atoms with E-state index in [-0.39, 0.29) is 10.9 Å². The number of anilines is 1. The topological polar surface area (TPSA) is 72.9 Å². The maximum atomic E-state index is 11.9. The van der Waals surface area contributed by atoms with Crippen molar-refractivity contribution in [3.05, 3.63) is 12.3 Å². The summed E-state index contributed by atoms with van der Waals surface area (Å²) in [5, 5.41) is 6.72. The molecular weight excluding hydrogens is 212 g/mol. The largest absolute Gasteiger partial charge is 0.392 e. The second-order valence-corrected chi connectivity index (χ2v) is 4.18. The van der Waals surface area contributed by atoms with E-state index in [0.717, 1.165) is 12.8 Å². The number of thiocarbonyl (C=S) groups is 1. The van der Waals surface area contributed by atoms with E-state index in [2.05, 4.69) is 10.4 Å². The van der Waals surface area contributed by atoms with Crippen LogP contribution in [0.5, 0.6) is 0 Å². The van der Waals surface area contributed by atoms with E-state index >= 15 is 0 Å². The summed E-state index contributed by atoms with van der Waals surface area (Å²) in [4.78, 5) is 12.1. The van der Waals surface area contributed by atoms with Crippen LogP contribution in [0.25, 0.3) is 0 Å². The summed E-state index contributed by atoms with van der Waals surface area (Å²) in [6, 6.07) is 1.73. The quantitative estimate of drug-likeness (QED) is 0.730. The van der Waals surface area contributed by atoms with Crippen LogP contribution < -0.4 is 11.1 Å². The molecule has 0 radical (unpaired) electrons. The molecule has 0 atom stereocenters. The van der Waals surface area contributed by atoms with Crippen LogP contribution in [0, 0.1) is 5.41 Å². The summed E-state index contributed by atoms with van der Waals surface area (Å²) >= 11 is 4.89. The third-order valence-electron chi connectivity index (χ3n) is 2.72. The van der Waals surface area contributed by atoms with E-state index in [1.807, 2.05) is 0 Å². The number of nitrogens with zero attached hydrogens (tertiary/aromatic N) is 2. The van der Waals surface area contributed by atoms with E-state index < -0.39 is 5.41 Å². The Labute approximate surface area is 92.6 Å². The number of rotatable bonds is 3. The van der Waals surface area contributed by atoms with Crippen LogP contribution in [0.4, 0.5) is 5.82 Å². The Morgan fingerprint density at radius 1 is 1.73 bits per heavy atom. The smallest absolute Gasteiger partial charge is 0.238 e. The van der Waals surface area contributed by atoms with Crippen molar-refractivity contribution in [2.45, 2.75) is 12.8 Å². The van der Waals surface area contributed by atoms with Gasteiger partial charge in [0, 0.05) is 13.1 Å². The molecule has 1 heterocycles. The minimum Gasteiger partial charge on any atom is -0.392 e. The lowest BCUT2D eigenvalue weighted by molar-refractivity contribution is -0.118. The normalized spacial score (nSPS) is 17.1. The predicted molar refractivity (Wildman–Crippen MR) is 60.3 cm³/mol. The molecule has 0 bridgehead atoms. The Hall–Kier alpha value is -1.43. The van der Waals surface area contributed by atoms with Gasteiger partial charge in [0.15, 0.2) is 0 Å². The molecule has 1 aliphatic carbocycles. The van der Waals surface area contributed by atoms with Gasteiger partial charge in [0.1, 0.15) is 5.82 Å². The molecule has 15 heavy (non-hydrogen) atoms. The lowest BCUT2D eigenvalue weighted by Gasteiger charge is -2.13. The van der Waals surface area contributed by atoms with Crippen molar-refractivity contribution >= 4 is 28.9 Å². The number of aromatic nitrogens is 2. The van der Waals surface area contributed by atoms with Crippen molar-refractivity contribution in [3.8, 4) is 0 Å². The molecule has 80 valence electrons. The zero-order valence-corrected chi connectivity index (χ0v) is 9.17. The first-order valence-electron chi connectivity index (χ1n) is 4.66. The fraction of sp³-hybridized carbons (Fsp3) is 0.444. The third-order valence-corrected chi connectivity index (χ3v) is 3.11. The average Bonchev–Trinajstić information content (AvgIpc) is 2.89. The van der Waals surface area contributed by atoms with Gasteiger partial charge in [-0.2, -0.15) is 5.10 Å². The Balaban J connectivity index is 2.11. The molecule has 1 aliphatic rings. The molecule has 0 aromatic carbocycles. The summed E-state index contributed by atoms with van der Waals surface area (Å²) < 4.78 is 1.59. The fourth-order valence-electron chi connectivity index (χ4n) is 1.44. The fourth-order valence-corrected chi connectivity index (χ4v) is 1.74. The van der Waals surface area contributed by atoms with Gasteiger partial charge in [0.25, 0.3) is 0 Å². The minimum absolute atomic E-state index is 0.126. The number of carbonyl (C=O) groups excluding carboxylic acids is 1. The maximum Gasteiger partial charge on any atom is 0.238 e. The van der Waals surface area contributed by atoms with E-state index in [1.165, 1.54) is 0 Å². The van der Waals surface area contributed by atoms with E-state index in [1.54, 1.807) is 24.0 Å². The number of nitrogens with two attached hydrogens (primary N) is 1. The molecule has 0 spiro atoms. The predicted octanol–water partition coefficient (Wildman–Crippen LogP) is 0.425.